The Morgan fingerprint density at radius 3 is 2.57 bits per heavy atom. The Morgan fingerprint density at radius 1 is 1.07 bits per heavy atom. The fraction of sp³-hybridized carbons (Fsp3) is 0.111. The van der Waals surface area contributed by atoms with Crippen molar-refractivity contribution in [2.24, 2.45) is 0 Å². The monoisotopic (exact) mass is 192 g/mol. The van der Waals surface area contributed by atoms with Crippen LogP contribution in [-0.4, -0.2) is 11.9 Å². The average Bonchev–Trinajstić information content (AvgIpc) is 2.70. The second kappa shape index (κ2) is 2.33. The number of carbonyl (C=O) groups excluding carboxylic acids is 2. The molecule has 2 heterocycles. The number of fused-ring (bicyclic) bond motifs is 2. The molecule has 0 aliphatic carbocycles. The van der Waals surface area contributed by atoms with Gasteiger partial charge in [0.2, 0.25) is 0 Å². The molecule has 14 heavy (non-hydrogen) atoms. The number of hydrogen-bond acceptors (Lipinski definition) is 5. The van der Waals surface area contributed by atoms with Gasteiger partial charge in [-0.1, -0.05) is 0 Å². The van der Waals surface area contributed by atoms with E-state index in [2.05, 4.69) is 4.74 Å². The molecule has 0 aromatic heterocycles. The molecule has 0 N–H and O–H groups in total. The lowest BCUT2D eigenvalue weighted by atomic mass is 10.1. The minimum absolute atomic E-state index is 0.235. The summed E-state index contributed by atoms with van der Waals surface area (Å²) in [7, 11) is 0. The highest BCUT2D eigenvalue weighted by molar-refractivity contribution is 6.15. The van der Waals surface area contributed by atoms with E-state index in [1.54, 1.807) is 6.07 Å². The molecule has 0 fully saturated rings. The van der Waals surface area contributed by atoms with Gasteiger partial charge in [0.1, 0.15) is 6.61 Å². The Hall–Kier alpha value is -1.88. The van der Waals surface area contributed by atoms with E-state index in [0.717, 1.165) is 5.56 Å². The summed E-state index contributed by atoms with van der Waals surface area (Å²) < 4.78 is 4.44. The third-order valence-electron chi connectivity index (χ3n) is 2.19. The number of ether oxygens (including phenoxy) is 1. The molecule has 0 unspecified atom stereocenters. The molecule has 0 bridgehead atoms. The maximum absolute atomic E-state index is 11.2. The van der Waals surface area contributed by atoms with Gasteiger partial charge in [-0.3, -0.25) is 0 Å². The van der Waals surface area contributed by atoms with Crippen molar-refractivity contribution < 1.29 is 24.1 Å². The average molecular weight is 192 g/mol. The van der Waals surface area contributed by atoms with Gasteiger partial charge in [-0.25, -0.2) is 9.59 Å². The van der Waals surface area contributed by atoms with Gasteiger partial charge in [-0.15, -0.1) is 0 Å². The van der Waals surface area contributed by atoms with Crippen molar-refractivity contribution in [3.05, 3.63) is 28.8 Å². The van der Waals surface area contributed by atoms with Crippen LogP contribution in [0.15, 0.2) is 12.1 Å². The predicted octanol–water partition coefficient (Wildman–Crippen LogP) is 0.821. The van der Waals surface area contributed by atoms with Crippen molar-refractivity contribution in [1.82, 2.24) is 0 Å². The van der Waals surface area contributed by atoms with Crippen molar-refractivity contribution in [2.75, 3.05) is 0 Å². The highest BCUT2D eigenvalue weighted by atomic mass is 17.2. The molecule has 1 aromatic carbocycles. The van der Waals surface area contributed by atoms with Gasteiger partial charge >= 0.3 is 11.9 Å². The molecule has 3 rings (SSSR count). The highest BCUT2D eigenvalue weighted by Gasteiger charge is 2.32. The molecular formula is C9H4O5. The molecule has 2 aliphatic heterocycles. The van der Waals surface area contributed by atoms with E-state index in [0.29, 0.717) is 5.75 Å². The molecule has 0 amide bonds. The molecule has 0 saturated heterocycles. The minimum Gasteiger partial charge on any atom is -0.386 e. The van der Waals surface area contributed by atoms with Crippen LogP contribution >= 0.6 is 0 Å². The van der Waals surface area contributed by atoms with E-state index in [9.17, 15) is 9.59 Å². The minimum atomic E-state index is -0.636. The van der Waals surface area contributed by atoms with E-state index in [-0.39, 0.29) is 17.7 Å². The number of rotatable bonds is 0. The molecule has 5 nitrogen and oxygen atoms in total. The first-order valence-electron chi connectivity index (χ1n) is 3.98. The number of cyclic esters (lactones) is 2. The zero-order valence-electron chi connectivity index (χ0n) is 6.90. The second-order valence-electron chi connectivity index (χ2n) is 3.03. The molecule has 70 valence electrons. The first-order valence-corrected chi connectivity index (χ1v) is 3.98. The molecule has 1 aromatic rings. The summed E-state index contributed by atoms with van der Waals surface area (Å²) in [6.45, 7) is 0.282. The zero-order valence-corrected chi connectivity index (χ0v) is 6.90. The van der Waals surface area contributed by atoms with Crippen LogP contribution in [0.3, 0.4) is 0 Å². The molecule has 0 radical (unpaired) electrons. The van der Waals surface area contributed by atoms with Crippen molar-refractivity contribution in [2.45, 2.75) is 6.61 Å². The van der Waals surface area contributed by atoms with Crippen LogP contribution < -0.4 is 4.89 Å². The van der Waals surface area contributed by atoms with Crippen LogP contribution in [0, 0.1) is 0 Å². The van der Waals surface area contributed by atoms with Gasteiger partial charge in [0.15, 0.2) is 5.75 Å². The topological polar surface area (TPSA) is 61.8 Å². The number of esters is 2. The molecular weight excluding hydrogens is 188 g/mol. The second-order valence-corrected chi connectivity index (χ2v) is 3.03. The normalized spacial score (nSPS) is 17.4. The molecule has 5 heteroatoms. The van der Waals surface area contributed by atoms with E-state index in [4.69, 9.17) is 9.78 Å². The SMILES string of the molecule is O=C1OC(=O)c2cc3c(cc21)COO3. The first-order chi connectivity index (χ1) is 6.75. The Labute approximate surface area is 78.1 Å². The summed E-state index contributed by atoms with van der Waals surface area (Å²) in [4.78, 5) is 31.8. The highest BCUT2D eigenvalue weighted by Crippen LogP contribution is 2.32. The standard InChI is InChI=1S/C9H4O5/c10-8-5-1-4-3-12-14-7(4)2-6(5)9(11)13-8/h1-2H,3H2. The fourth-order valence-corrected chi connectivity index (χ4v) is 1.50. The molecule has 2 aliphatic rings. The van der Waals surface area contributed by atoms with Crippen LogP contribution in [-0.2, 0) is 16.2 Å². The summed E-state index contributed by atoms with van der Waals surface area (Å²) in [5.74, 6) is -0.779. The lowest BCUT2D eigenvalue weighted by Gasteiger charge is -1.95. The number of hydrogen-bond donors (Lipinski definition) is 0. The predicted molar refractivity (Wildman–Crippen MR) is 41.6 cm³/mol. The maximum Gasteiger partial charge on any atom is 0.347 e. The van der Waals surface area contributed by atoms with Crippen molar-refractivity contribution in [1.29, 1.82) is 0 Å². The first kappa shape index (κ1) is 7.52. The van der Waals surface area contributed by atoms with Crippen molar-refractivity contribution in [3.8, 4) is 5.75 Å². The Bertz CT molecular complexity index is 422. The van der Waals surface area contributed by atoms with Crippen LogP contribution in [0.1, 0.15) is 26.3 Å². The van der Waals surface area contributed by atoms with Gasteiger partial charge in [0, 0.05) is 11.6 Å². The summed E-state index contributed by atoms with van der Waals surface area (Å²) in [5, 5.41) is 0. The fourth-order valence-electron chi connectivity index (χ4n) is 1.50. The van der Waals surface area contributed by atoms with Gasteiger partial charge in [0.05, 0.1) is 11.1 Å². The summed E-state index contributed by atoms with van der Waals surface area (Å²) in [5.41, 5.74) is 1.26. The maximum atomic E-state index is 11.2. The number of benzene rings is 1. The lowest BCUT2D eigenvalue weighted by Crippen LogP contribution is -1.97. The third kappa shape index (κ3) is 0.816. The van der Waals surface area contributed by atoms with Gasteiger partial charge < -0.3 is 9.62 Å². The lowest BCUT2D eigenvalue weighted by molar-refractivity contribution is -0.194. The van der Waals surface area contributed by atoms with E-state index >= 15 is 0 Å². The van der Waals surface area contributed by atoms with Gasteiger partial charge in [-0.05, 0) is 6.07 Å². The van der Waals surface area contributed by atoms with Crippen LogP contribution in [0.4, 0.5) is 0 Å². The van der Waals surface area contributed by atoms with Gasteiger partial charge in [-0.2, -0.15) is 4.89 Å². The zero-order chi connectivity index (χ0) is 9.71. The Morgan fingerprint density at radius 2 is 1.79 bits per heavy atom. The molecule has 0 atom stereocenters. The quantitative estimate of drug-likeness (QED) is 0.346. The molecule has 0 spiro atoms. The smallest absolute Gasteiger partial charge is 0.347 e. The summed E-state index contributed by atoms with van der Waals surface area (Å²) >= 11 is 0. The van der Waals surface area contributed by atoms with Crippen molar-refractivity contribution in [3.63, 3.8) is 0 Å². The summed E-state index contributed by atoms with van der Waals surface area (Å²) in [6, 6.07) is 3.02. The Kier molecular flexibility index (Phi) is 1.25. The molecule has 0 saturated carbocycles. The largest absolute Gasteiger partial charge is 0.386 e. The van der Waals surface area contributed by atoms with E-state index < -0.39 is 11.9 Å². The van der Waals surface area contributed by atoms with Crippen LogP contribution in [0.2, 0.25) is 0 Å². The van der Waals surface area contributed by atoms with Crippen molar-refractivity contribution >= 4 is 11.9 Å². The van der Waals surface area contributed by atoms with Crippen LogP contribution in [0.25, 0.3) is 0 Å². The Balaban J connectivity index is 2.26. The van der Waals surface area contributed by atoms with Gasteiger partial charge in [0.25, 0.3) is 0 Å². The summed E-state index contributed by atoms with van der Waals surface area (Å²) in [6.07, 6.45) is 0. The third-order valence-corrected chi connectivity index (χ3v) is 2.19. The van der Waals surface area contributed by atoms with E-state index in [1.807, 2.05) is 0 Å². The van der Waals surface area contributed by atoms with Crippen LogP contribution in [0.5, 0.6) is 5.75 Å². The van der Waals surface area contributed by atoms with E-state index in [1.165, 1.54) is 6.07 Å². The number of carbonyl (C=O) groups is 2.